The molecular weight excluding hydrogens is 376 g/mol. The smallest absolute Gasteiger partial charge is 0.308 e. The van der Waals surface area contributed by atoms with E-state index in [1.807, 2.05) is 0 Å². The number of nitrogens with one attached hydrogen (secondary N) is 2. The standard InChI is InChI=1S/C21H24N2O6/c1-14(20(25)23-15-8-10-16(27-2)11-9-15)29-19(24)12-13-22-21(26)17-6-4-5-7-18(17)28-3/h4-11,14H,12-13H2,1-3H3,(H,22,26)(H,23,25)/t14-/m0/s1. The topological polar surface area (TPSA) is 103 Å². The maximum Gasteiger partial charge on any atom is 0.308 e. The van der Waals surface area contributed by atoms with Crippen molar-refractivity contribution in [2.45, 2.75) is 19.4 Å². The van der Waals surface area contributed by atoms with Crippen molar-refractivity contribution in [3.05, 3.63) is 54.1 Å². The number of para-hydroxylation sites is 1. The van der Waals surface area contributed by atoms with Gasteiger partial charge in [0.15, 0.2) is 6.10 Å². The Labute approximate surface area is 169 Å². The summed E-state index contributed by atoms with van der Waals surface area (Å²) in [6, 6.07) is 13.5. The van der Waals surface area contributed by atoms with Crippen molar-refractivity contribution < 1.29 is 28.6 Å². The lowest BCUT2D eigenvalue weighted by Gasteiger charge is -2.14. The quantitative estimate of drug-likeness (QED) is 0.627. The van der Waals surface area contributed by atoms with Gasteiger partial charge in [0.1, 0.15) is 11.5 Å². The Balaban J connectivity index is 1.76. The fourth-order valence-corrected chi connectivity index (χ4v) is 2.43. The van der Waals surface area contributed by atoms with Crippen LogP contribution in [0.2, 0.25) is 0 Å². The molecule has 0 aromatic heterocycles. The van der Waals surface area contributed by atoms with Crippen LogP contribution < -0.4 is 20.1 Å². The first-order valence-corrected chi connectivity index (χ1v) is 9.00. The van der Waals surface area contributed by atoms with Crippen LogP contribution in [0.15, 0.2) is 48.5 Å². The predicted molar refractivity (Wildman–Crippen MR) is 107 cm³/mol. The molecule has 29 heavy (non-hydrogen) atoms. The molecule has 2 rings (SSSR count). The summed E-state index contributed by atoms with van der Waals surface area (Å²) in [6.45, 7) is 1.55. The number of carbonyl (C=O) groups excluding carboxylic acids is 3. The second-order valence-corrected chi connectivity index (χ2v) is 6.06. The molecule has 0 aliphatic carbocycles. The Morgan fingerprint density at radius 2 is 1.66 bits per heavy atom. The van der Waals surface area contributed by atoms with E-state index in [-0.39, 0.29) is 18.9 Å². The van der Waals surface area contributed by atoms with E-state index in [9.17, 15) is 14.4 Å². The highest BCUT2D eigenvalue weighted by atomic mass is 16.5. The number of amides is 2. The zero-order valence-corrected chi connectivity index (χ0v) is 16.6. The highest BCUT2D eigenvalue weighted by molar-refractivity contribution is 5.97. The van der Waals surface area contributed by atoms with Gasteiger partial charge in [-0.15, -0.1) is 0 Å². The number of carbonyl (C=O) groups is 3. The van der Waals surface area contributed by atoms with Crippen LogP contribution in [-0.4, -0.2) is 44.7 Å². The molecular formula is C21H24N2O6. The molecule has 0 saturated carbocycles. The third-order valence-corrected chi connectivity index (χ3v) is 4.00. The van der Waals surface area contributed by atoms with Gasteiger partial charge < -0.3 is 24.8 Å². The van der Waals surface area contributed by atoms with Crippen LogP contribution in [0.5, 0.6) is 11.5 Å². The van der Waals surface area contributed by atoms with Crippen LogP contribution in [-0.2, 0) is 14.3 Å². The summed E-state index contributed by atoms with van der Waals surface area (Å²) in [5, 5.41) is 5.28. The minimum atomic E-state index is -0.977. The Morgan fingerprint density at radius 3 is 2.31 bits per heavy atom. The highest BCUT2D eigenvalue weighted by Gasteiger charge is 2.18. The Kier molecular flexibility index (Phi) is 8.02. The van der Waals surface area contributed by atoms with Crippen molar-refractivity contribution in [3.8, 4) is 11.5 Å². The van der Waals surface area contributed by atoms with Gasteiger partial charge in [-0.05, 0) is 43.3 Å². The van der Waals surface area contributed by atoms with Crippen LogP contribution in [0.3, 0.4) is 0 Å². The maximum atomic E-state index is 12.2. The molecule has 2 N–H and O–H groups in total. The molecule has 0 aliphatic rings. The zero-order chi connectivity index (χ0) is 21.2. The van der Waals surface area contributed by atoms with Crippen molar-refractivity contribution in [3.63, 3.8) is 0 Å². The van der Waals surface area contributed by atoms with Gasteiger partial charge in [-0.2, -0.15) is 0 Å². The average molecular weight is 400 g/mol. The van der Waals surface area contributed by atoms with Crippen LogP contribution in [0.25, 0.3) is 0 Å². The van der Waals surface area contributed by atoms with Crippen molar-refractivity contribution >= 4 is 23.5 Å². The number of methoxy groups -OCH3 is 2. The molecule has 154 valence electrons. The van der Waals surface area contributed by atoms with Crippen molar-refractivity contribution in [2.75, 3.05) is 26.1 Å². The summed E-state index contributed by atoms with van der Waals surface area (Å²) in [7, 11) is 3.02. The fourth-order valence-electron chi connectivity index (χ4n) is 2.43. The summed E-state index contributed by atoms with van der Waals surface area (Å²) in [5.41, 5.74) is 0.929. The summed E-state index contributed by atoms with van der Waals surface area (Å²) in [5.74, 6) is -0.307. The third kappa shape index (κ3) is 6.53. The van der Waals surface area contributed by atoms with Gasteiger partial charge in [-0.3, -0.25) is 14.4 Å². The normalized spacial score (nSPS) is 11.1. The van der Waals surface area contributed by atoms with Crippen LogP contribution >= 0.6 is 0 Å². The second-order valence-electron chi connectivity index (χ2n) is 6.06. The van der Waals surface area contributed by atoms with Gasteiger partial charge in [-0.25, -0.2) is 0 Å². The summed E-state index contributed by atoms with van der Waals surface area (Å²) < 4.78 is 15.3. The maximum absolute atomic E-state index is 12.2. The first kappa shape index (κ1) is 21.7. The molecule has 1 atom stereocenters. The highest BCUT2D eigenvalue weighted by Crippen LogP contribution is 2.17. The van der Waals surface area contributed by atoms with E-state index in [1.54, 1.807) is 55.6 Å². The Hall–Kier alpha value is -3.55. The van der Waals surface area contributed by atoms with Crippen LogP contribution in [0.1, 0.15) is 23.7 Å². The van der Waals surface area contributed by atoms with E-state index < -0.39 is 18.0 Å². The number of ether oxygens (including phenoxy) is 3. The Morgan fingerprint density at radius 1 is 0.966 bits per heavy atom. The van der Waals surface area contributed by atoms with Crippen molar-refractivity contribution in [1.82, 2.24) is 5.32 Å². The van der Waals surface area contributed by atoms with Gasteiger partial charge in [0, 0.05) is 12.2 Å². The predicted octanol–water partition coefficient (Wildman–Crippen LogP) is 2.39. The molecule has 0 aliphatic heterocycles. The van der Waals surface area contributed by atoms with E-state index in [0.717, 1.165) is 0 Å². The lowest BCUT2D eigenvalue weighted by Crippen LogP contribution is -2.32. The Bertz CT molecular complexity index is 851. The number of hydrogen-bond acceptors (Lipinski definition) is 6. The summed E-state index contributed by atoms with van der Waals surface area (Å²) >= 11 is 0. The van der Waals surface area contributed by atoms with Gasteiger partial charge in [-0.1, -0.05) is 12.1 Å². The number of anilines is 1. The van der Waals surface area contributed by atoms with Crippen LogP contribution in [0.4, 0.5) is 5.69 Å². The van der Waals surface area contributed by atoms with Gasteiger partial charge in [0.25, 0.3) is 11.8 Å². The molecule has 8 heteroatoms. The number of benzene rings is 2. The molecule has 0 fully saturated rings. The molecule has 0 bridgehead atoms. The first-order chi connectivity index (χ1) is 13.9. The van der Waals surface area contributed by atoms with E-state index in [2.05, 4.69) is 10.6 Å². The average Bonchev–Trinajstić information content (AvgIpc) is 2.74. The van der Waals surface area contributed by atoms with Crippen LogP contribution in [0, 0.1) is 0 Å². The van der Waals surface area contributed by atoms with E-state index in [1.165, 1.54) is 14.0 Å². The molecule has 2 aromatic carbocycles. The van der Waals surface area contributed by atoms with E-state index >= 15 is 0 Å². The molecule has 2 amide bonds. The zero-order valence-electron chi connectivity index (χ0n) is 16.6. The SMILES string of the molecule is COc1ccc(NC(=O)[C@H](C)OC(=O)CCNC(=O)c2ccccc2OC)cc1. The van der Waals surface area contributed by atoms with Crippen molar-refractivity contribution in [2.24, 2.45) is 0 Å². The molecule has 8 nitrogen and oxygen atoms in total. The number of rotatable bonds is 9. The minimum absolute atomic E-state index is 0.0684. The van der Waals surface area contributed by atoms with Gasteiger partial charge in [0.2, 0.25) is 0 Å². The molecule has 0 unspecified atom stereocenters. The molecule has 0 spiro atoms. The largest absolute Gasteiger partial charge is 0.497 e. The minimum Gasteiger partial charge on any atom is -0.497 e. The van der Waals surface area contributed by atoms with E-state index in [4.69, 9.17) is 14.2 Å². The molecule has 0 heterocycles. The lowest BCUT2D eigenvalue weighted by molar-refractivity contribution is -0.153. The van der Waals surface area contributed by atoms with Gasteiger partial charge in [0.05, 0.1) is 26.2 Å². The second kappa shape index (κ2) is 10.7. The monoisotopic (exact) mass is 400 g/mol. The molecule has 0 saturated heterocycles. The molecule has 0 radical (unpaired) electrons. The van der Waals surface area contributed by atoms with E-state index in [0.29, 0.717) is 22.7 Å². The molecule has 2 aromatic rings. The lowest BCUT2D eigenvalue weighted by atomic mass is 10.2. The fraction of sp³-hybridized carbons (Fsp3) is 0.286. The third-order valence-electron chi connectivity index (χ3n) is 4.00. The summed E-state index contributed by atoms with van der Waals surface area (Å²) in [4.78, 5) is 36.2. The first-order valence-electron chi connectivity index (χ1n) is 9.00. The number of hydrogen-bond donors (Lipinski definition) is 2. The van der Waals surface area contributed by atoms with Gasteiger partial charge >= 0.3 is 5.97 Å². The summed E-state index contributed by atoms with van der Waals surface area (Å²) in [6.07, 6.45) is -1.05. The van der Waals surface area contributed by atoms with Crippen molar-refractivity contribution in [1.29, 1.82) is 0 Å². The number of esters is 1.